The molecule has 0 amide bonds. The lowest BCUT2D eigenvalue weighted by Gasteiger charge is -2.12. The monoisotopic (exact) mass is 408 g/mol. The number of benzene rings is 2. The molecule has 3 rings (SSSR count). The maximum absolute atomic E-state index is 12.5. The van der Waals surface area contributed by atoms with E-state index in [-0.39, 0.29) is 5.75 Å². The van der Waals surface area contributed by atoms with Gasteiger partial charge >= 0.3 is 6.36 Å². The van der Waals surface area contributed by atoms with Gasteiger partial charge in [-0.2, -0.15) is 4.98 Å². The van der Waals surface area contributed by atoms with Crippen molar-refractivity contribution in [1.82, 2.24) is 9.97 Å². The predicted molar refractivity (Wildman–Crippen MR) is 103 cm³/mol. The molecule has 0 aliphatic rings. The minimum absolute atomic E-state index is 0.321. The molecule has 0 atom stereocenters. The Bertz CT molecular complexity index is 966. The molecule has 146 valence electrons. The minimum atomic E-state index is -4.77. The number of nitrogens with zero attached hydrogens (tertiary/aromatic N) is 2. The molecule has 2 aromatic carbocycles. The van der Waals surface area contributed by atoms with Gasteiger partial charge in [-0.25, -0.2) is 4.98 Å². The van der Waals surface area contributed by atoms with Gasteiger partial charge in [0, 0.05) is 28.9 Å². The van der Waals surface area contributed by atoms with Crippen LogP contribution in [0.1, 0.15) is 6.92 Å². The molecular formula is C19H16ClF3N4O. The highest BCUT2D eigenvalue weighted by Crippen LogP contribution is 2.29. The average molecular weight is 409 g/mol. The number of hydrogen-bond acceptors (Lipinski definition) is 5. The second-order valence-electron chi connectivity index (χ2n) is 5.70. The van der Waals surface area contributed by atoms with Crippen molar-refractivity contribution in [3.8, 4) is 17.0 Å². The van der Waals surface area contributed by atoms with Gasteiger partial charge in [-0.15, -0.1) is 13.2 Å². The number of nitrogens with one attached hydrogen (secondary N) is 2. The van der Waals surface area contributed by atoms with Gasteiger partial charge < -0.3 is 15.4 Å². The predicted octanol–water partition coefficient (Wildman–Crippen LogP) is 5.87. The van der Waals surface area contributed by atoms with E-state index in [1.54, 1.807) is 30.3 Å². The summed E-state index contributed by atoms with van der Waals surface area (Å²) in [5, 5.41) is 6.69. The maximum Gasteiger partial charge on any atom is 0.573 e. The molecule has 0 spiro atoms. The van der Waals surface area contributed by atoms with Crippen molar-refractivity contribution < 1.29 is 17.9 Å². The smallest absolute Gasteiger partial charge is 0.406 e. The van der Waals surface area contributed by atoms with Crippen molar-refractivity contribution in [2.45, 2.75) is 13.3 Å². The molecule has 1 heterocycles. The second kappa shape index (κ2) is 8.35. The normalized spacial score (nSPS) is 11.2. The van der Waals surface area contributed by atoms with E-state index in [9.17, 15) is 13.2 Å². The molecule has 9 heteroatoms. The first-order valence-corrected chi connectivity index (χ1v) is 8.72. The number of halogens is 4. The fraction of sp³-hybridized carbons (Fsp3) is 0.158. The Morgan fingerprint density at radius 1 is 1.04 bits per heavy atom. The fourth-order valence-electron chi connectivity index (χ4n) is 2.46. The van der Waals surface area contributed by atoms with E-state index in [2.05, 4.69) is 25.3 Å². The van der Waals surface area contributed by atoms with Crippen LogP contribution in [-0.2, 0) is 0 Å². The lowest BCUT2D eigenvalue weighted by molar-refractivity contribution is -0.274. The Morgan fingerprint density at radius 3 is 2.54 bits per heavy atom. The van der Waals surface area contributed by atoms with E-state index < -0.39 is 6.36 Å². The van der Waals surface area contributed by atoms with Gasteiger partial charge in [0.05, 0.1) is 5.69 Å². The largest absolute Gasteiger partial charge is 0.573 e. The molecule has 0 saturated heterocycles. The van der Waals surface area contributed by atoms with Crippen LogP contribution >= 0.6 is 11.6 Å². The second-order valence-corrected chi connectivity index (χ2v) is 6.14. The summed E-state index contributed by atoms with van der Waals surface area (Å²) in [5.74, 6) is 0.481. The van der Waals surface area contributed by atoms with Crippen LogP contribution in [0.5, 0.6) is 5.75 Å². The molecule has 1 aromatic heterocycles. The zero-order valence-corrected chi connectivity index (χ0v) is 15.5. The molecule has 5 nitrogen and oxygen atoms in total. The third-order valence-corrected chi connectivity index (χ3v) is 3.76. The Morgan fingerprint density at radius 2 is 1.82 bits per heavy atom. The van der Waals surface area contributed by atoms with Gasteiger partial charge in [0.1, 0.15) is 11.6 Å². The van der Waals surface area contributed by atoms with E-state index in [1.807, 2.05) is 13.0 Å². The molecule has 0 aliphatic heterocycles. The minimum Gasteiger partial charge on any atom is -0.406 e. The number of anilines is 3. The summed E-state index contributed by atoms with van der Waals surface area (Å²) in [6, 6.07) is 14.3. The first-order valence-electron chi connectivity index (χ1n) is 8.34. The molecule has 28 heavy (non-hydrogen) atoms. The number of hydrogen-bond donors (Lipinski definition) is 2. The van der Waals surface area contributed by atoms with Crippen LogP contribution in [0.15, 0.2) is 54.6 Å². The molecule has 0 fully saturated rings. The van der Waals surface area contributed by atoms with E-state index in [4.69, 9.17) is 11.6 Å². The Balaban J connectivity index is 1.96. The first kappa shape index (κ1) is 19.8. The van der Waals surface area contributed by atoms with Gasteiger partial charge in [0.15, 0.2) is 0 Å². The lowest BCUT2D eigenvalue weighted by atomic mass is 10.1. The van der Waals surface area contributed by atoms with Gasteiger partial charge in [-0.3, -0.25) is 0 Å². The van der Waals surface area contributed by atoms with Crippen LogP contribution in [0.2, 0.25) is 5.02 Å². The van der Waals surface area contributed by atoms with Crippen LogP contribution in [-0.4, -0.2) is 22.9 Å². The molecule has 0 aliphatic carbocycles. The summed E-state index contributed by atoms with van der Waals surface area (Å²) in [6.45, 7) is 2.47. The molecule has 0 radical (unpaired) electrons. The highest BCUT2D eigenvalue weighted by molar-refractivity contribution is 6.30. The zero-order valence-electron chi connectivity index (χ0n) is 14.7. The summed E-state index contributed by atoms with van der Waals surface area (Å²) in [6.07, 6.45) is -4.77. The zero-order chi connectivity index (χ0) is 20.1. The van der Waals surface area contributed by atoms with Crippen LogP contribution < -0.4 is 15.4 Å². The molecule has 0 bridgehead atoms. The number of ether oxygens (including phenoxy) is 1. The summed E-state index contributed by atoms with van der Waals surface area (Å²) < 4.78 is 41.5. The Kier molecular flexibility index (Phi) is 5.89. The number of aromatic nitrogens is 2. The summed E-state index contributed by atoms with van der Waals surface area (Å²) in [7, 11) is 0. The van der Waals surface area contributed by atoms with Crippen molar-refractivity contribution in [2.75, 3.05) is 17.2 Å². The van der Waals surface area contributed by atoms with Crippen LogP contribution in [0.3, 0.4) is 0 Å². The van der Waals surface area contributed by atoms with Crippen molar-refractivity contribution in [3.63, 3.8) is 0 Å². The number of rotatable bonds is 6. The molecule has 0 unspecified atom stereocenters. The van der Waals surface area contributed by atoms with Crippen molar-refractivity contribution >= 4 is 29.1 Å². The highest BCUT2D eigenvalue weighted by Gasteiger charge is 2.31. The van der Waals surface area contributed by atoms with E-state index in [0.29, 0.717) is 40.3 Å². The fourth-order valence-corrected chi connectivity index (χ4v) is 2.65. The van der Waals surface area contributed by atoms with Gasteiger partial charge in [-0.05, 0) is 37.3 Å². The Hall–Kier alpha value is -3.00. The van der Waals surface area contributed by atoms with E-state index >= 15 is 0 Å². The molecule has 0 saturated carbocycles. The van der Waals surface area contributed by atoms with Crippen molar-refractivity contribution in [2.24, 2.45) is 0 Å². The van der Waals surface area contributed by atoms with Gasteiger partial charge in [0.2, 0.25) is 5.95 Å². The standard InChI is InChI=1S/C19H16ClF3N4O/c1-2-24-18-26-16(12-5-3-8-15(9-12)28-19(21,22)23)11-17(27-18)25-14-7-4-6-13(20)10-14/h3-11H,2H2,1H3,(H2,24,25,26,27). The quantitative estimate of drug-likeness (QED) is 0.534. The van der Waals surface area contributed by atoms with Gasteiger partial charge in [-0.1, -0.05) is 29.8 Å². The average Bonchev–Trinajstić information content (AvgIpc) is 2.60. The highest BCUT2D eigenvalue weighted by atomic mass is 35.5. The summed E-state index contributed by atoms with van der Waals surface area (Å²) in [5.41, 5.74) is 1.61. The van der Waals surface area contributed by atoms with Crippen LogP contribution in [0.4, 0.5) is 30.6 Å². The first-order chi connectivity index (χ1) is 13.3. The third-order valence-electron chi connectivity index (χ3n) is 3.52. The van der Waals surface area contributed by atoms with Crippen LogP contribution in [0, 0.1) is 0 Å². The SMILES string of the molecule is CCNc1nc(Nc2cccc(Cl)c2)cc(-c2cccc(OC(F)(F)F)c2)n1. The Labute approximate surface area is 164 Å². The maximum atomic E-state index is 12.5. The molecule has 2 N–H and O–H groups in total. The van der Waals surface area contributed by atoms with Crippen molar-refractivity contribution in [3.05, 3.63) is 59.6 Å². The lowest BCUT2D eigenvalue weighted by Crippen LogP contribution is -2.17. The number of alkyl halides is 3. The molecular weight excluding hydrogens is 393 g/mol. The third kappa shape index (κ3) is 5.50. The topological polar surface area (TPSA) is 59.1 Å². The summed E-state index contributed by atoms with van der Waals surface area (Å²) in [4.78, 5) is 8.73. The molecule has 3 aromatic rings. The van der Waals surface area contributed by atoms with Crippen LogP contribution in [0.25, 0.3) is 11.3 Å². The van der Waals surface area contributed by atoms with Crippen molar-refractivity contribution in [1.29, 1.82) is 0 Å². The van der Waals surface area contributed by atoms with E-state index in [0.717, 1.165) is 0 Å². The van der Waals surface area contributed by atoms with Gasteiger partial charge in [0.25, 0.3) is 0 Å². The summed E-state index contributed by atoms with van der Waals surface area (Å²) >= 11 is 6.00. The van der Waals surface area contributed by atoms with E-state index in [1.165, 1.54) is 18.2 Å².